The zero-order chi connectivity index (χ0) is 19.8. The number of rotatable bonds is 3. The SMILES string of the molecule is Cc1ncccc1Oc1sc(C(=O)NC2=NC=COC2)c2c1-c1sncc1CC2. The van der Waals surface area contributed by atoms with Crippen molar-refractivity contribution in [3.8, 4) is 21.3 Å². The number of thiophene rings is 1. The summed E-state index contributed by atoms with van der Waals surface area (Å²) in [6.45, 7) is 2.14. The molecule has 0 atom stereocenters. The summed E-state index contributed by atoms with van der Waals surface area (Å²) in [4.78, 5) is 23.2. The van der Waals surface area contributed by atoms with Gasteiger partial charge in [0.1, 0.15) is 24.5 Å². The van der Waals surface area contributed by atoms with E-state index in [1.807, 2.05) is 25.3 Å². The van der Waals surface area contributed by atoms with Crippen molar-refractivity contribution in [2.24, 2.45) is 4.99 Å². The number of nitrogens with one attached hydrogen (secondary N) is 1. The zero-order valence-electron chi connectivity index (χ0n) is 15.5. The first kappa shape index (κ1) is 18.0. The van der Waals surface area contributed by atoms with Gasteiger partial charge in [-0.2, -0.15) is 0 Å². The van der Waals surface area contributed by atoms with Crippen LogP contribution < -0.4 is 10.1 Å². The van der Waals surface area contributed by atoms with E-state index in [1.165, 1.54) is 40.9 Å². The van der Waals surface area contributed by atoms with Crippen molar-refractivity contribution in [3.63, 3.8) is 0 Å². The van der Waals surface area contributed by atoms with Gasteiger partial charge in [0.15, 0.2) is 5.06 Å². The highest BCUT2D eigenvalue weighted by atomic mass is 32.1. The lowest BCUT2D eigenvalue weighted by molar-refractivity contribution is 0.0977. The average molecular weight is 425 g/mol. The number of amidine groups is 1. The van der Waals surface area contributed by atoms with Crippen LogP contribution in [0, 0.1) is 6.92 Å². The molecule has 1 amide bonds. The number of pyridine rings is 1. The number of carbonyl (C=O) groups is 1. The number of carbonyl (C=O) groups excluding carboxylic acids is 1. The predicted octanol–water partition coefficient (Wildman–Crippen LogP) is 4.10. The molecule has 0 saturated heterocycles. The quantitative estimate of drug-likeness (QED) is 0.684. The molecule has 0 fully saturated rings. The lowest BCUT2D eigenvalue weighted by Gasteiger charge is -2.15. The number of aromatic nitrogens is 2. The molecule has 9 heteroatoms. The van der Waals surface area contributed by atoms with Gasteiger partial charge in [-0.1, -0.05) is 11.3 Å². The summed E-state index contributed by atoms with van der Waals surface area (Å²) in [5, 5.41) is 3.54. The Morgan fingerprint density at radius 2 is 2.28 bits per heavy atom. The summed E-state index contributed by atoms with van der Waals surface area (Å²) >= 11 is 2.78. The number of amides is 1. The van der Waals surface area contributed by atoms with Crippen LogP contribution in [0.1, 0.15) is 26.5 Å². The lowest BCUT2D eigenvalue weighted by Crippen LogP contribution is -2.34. The molecule has 1 aliphatic heterocycles. The molecule has 1 N–H and O–H groups in total. The van der Waals surface area contributed by atoms with Crippen LogP contribution in [0.15, 0.2) is 42.0 Å². The molecule has 5 rings (SSSR count). The van der Waals surface area contributed by atoms with Crippen LogP contribution in [0.25, 0.3) is 10.4 Å². The van der Waals surface area contributed by atoms with Gasteiger partial charge in [0.05, 0.1) is 27.2 Å². The summed E-state index contributed by atoms with van der Waals surface area (Å²) in [5.41, 5.74) is 3.94. The fourth-order valence-corrected chi connectivity index (χ4v) is 5.38. The van der Waals surface area contributed by atoms with Crippen molar-refractivity contribution in [2.45, 2.75) is 19.8 Å². The topological polar surface area (TPSA) is 85.7 Å². The van der Waals surface area contributed by atoms with Crippen LogP contribution in [-0.4, -0.2) is 27.7 Å². The van der Waals surface area contributed by atoms with Crippen molar-refractivity contribution >= 4 is 34.6 Å². The molecule has 29 heavy (non-hydrogen) atoms. The van der Waals surface area contributed by atoms with Gasteiger partial charge >= 0.3 is 0 Å². The maximum Gasteiger partial charge on any atom is 0.267 e. The summed E-state index contributed by atoms with van der Waals surface area (Å²) < 4.78 is 15.8. The molecule has 0 saturated carbocycles. The normalized spacial score (nSPS) is 14.4. The highest BCUT2D eigenvalue weighted by molar-refractivity contribution is 7.17. The number of aryl methyl sites for hydroxylation is 2. The van der Waals surface area contributed by atoms with Crippen LogP contribution in [0.3, 0.4) is 0 Å². The highest BCUT2D eigenvalue weighted by Gasteiger charge is 2.31. The predicted molar refractivity (Wildman–Crippen MR) is 112 cm³/mol. The number of aliphatic imine (C=N–C) groups is 1. The third-order valence-corrected chi connectivity index (χ3v) is 6.69. The van der Waals surface area contributed by atoms with Crippen molar-refractivity contribution in [1.29, 1.82) is 0 Å². The summed E-state index contributed by atoms with van der Waals surface area (Å²) in [6.07, 6.45) is 8.27. The first-order valence-corrected chi connectivity index (χ1v) is 10.6. The lowest BCUT2D eigenvalue weighted by atomic mass is 9.93. The van der Waals surface area contributed by atoms with Crippen LogP contribution in [0.2, 0.25) is 0 Å². The molecular formula is C20H16N4O3S2. The van der Waals surface area contributed by atoms with E-state index in [9.17, 15) is 4.79 Å². The molecule has 0 unspecified atom stereocenters. The fraction of sp³-hybridized carbons (Fsp3) is 0.200. The molecular weight excluding hydrogens is 408 g/mol. The number of ether oxygens (including phenoxy) is 2. The van der Waals surface area contributed by atoms with E-state index in [0.29, 0.717) is 21.5 Å². The van der Waals surface area contributed by atoms with Crippen LogP contribution >= 0.6 is 22.9 Å². The molecule has 4 heterocycles. The molecule has 2 aliphatic rings. The number of hydrogen-bond acceptors (Lipinski definition) is 8. The molecule has 0 bridgehead atoms. The largest absolute Gasteiger partial charge is 0.492 e. The molecule has 3 aromatic heterocycles. The maximum atomic E-state index is 13.0. The van der Waals surface area contributed by atoms with Gasteiger partial charge in [-0.25, -0.2) is 9.37 Å². The Morgan fingerprint density at radius 3 is 3.10 bits per heavy atom. The average Bonchev–Trinajstić information content (AvgIpc) is 3.35. The number of nitrogens with zero attached hydrogens (tertiary/aromatic N) is 3. The Balaban J connectivity index is 1.56. The van der Waals surface area contributed by atoms with Gasteiger partial charge in [0.25, 0.3) is 5.91 Å². The Hall–Kier alpha value is -3.04. The van der Waals surface area contributed by atoms with E-state index in [2.05, 4.69) is 19.7 Å². The Bertz CT molecular complexity index is 1160. The standard InChI is InChI=1S/C20H16N4O3S2/c1-11-14(3-2-6-21-11)27-20-16-13(5-4-12-9-23-29-17(12)16)18(28-20)19(25)24-15-10-26-8-7-22-15/h2-3,6-9H,4-5,10H2,1H3,(H,22,24,25). The highest BCUT2D eigenvalue weighted by Crippen LogP contribution is 2.50. The summed E-state index contributed by atoms with van der Waals surface area (Å²) in [7, 11) is 0. The van der Waals surface area contributed by atoms with Gasteiger partial charge in [-0.05, 0) is 54.6 Å². The van der Waals surface area contributed by atoms with Gasteiger partial charge in [-0.15, -0.1) is 0 Å². The van der Waals surface area contributed by atoms with Gasteiger partial charge in [0, 0.05) is 12.4 Å². The smallest absolute Gasteiger partial charge is 0.267 e. The Kier molecular flexibility index (Phi) is 4.61. The second-order valence-electron chi connectivity index (χ2n) is 6.57. The van der Waals surface area contributed by atoms with Crippen LogP contribution in [0.4, 0.5) is 0 Å². The molecule has 1 aliphatic carbocycles. The van der Waals surface area contributed by atoms with Crippen LogP contribution in [-0.2, 0) is 17.6 Å². The summed E-state index contributed by atoms with van der Waals surface area (Å²) in [5.74, 6) is 0.962. The fourth-order valence-electron chi connectivity index (χ4n) is 3.33. The first-order valence-electron chi connectivity index (χ1n) is 9.04. The number of fused-ring (bicyclic) bond motifs is 3. The minimum absolute atomic E-state index is 0.199. The second-order valence-corrected chi connectivity index (χ2v) is 8.35. The van der Waals surface area contributed by atoms with Crippen molar-refractivity contribution < 1.29 is 14.3 Å². The zero-order valence-corrected chi connectivity index (χ0v) is 17.1. The summed E-state index contributed by atoms with van der Waals surface area (Å²) in [6, 6.07) is 3.72. The molecule has 146 valence electrons. The van der Waals surface area contributed by atoms with Gasteiger partial charge < -0.3 is 14.8 Å². The minimum atomic E-state index is -0.199. The second kappa shape index (κ2) is 7.41. The van der Waals surface area contributed by atoms with E-state index in [4.69, 9.17) is 9.47 Å². The monoisotopic (exact) mass is 424 g/mol. The van der Waals surface area contributed by atoms with E-state index in [-0.39, 0.29) is 12.5 Å². The minimum Gasteiger partial charge on any atom is -0.492 e. The van der Waals surface area contributed by atoms with Gasteiger partial charge in [0.2, 0.25) is 0 Å². The molecule has 0 spiro atoms. The van der Waals surface area contributed by atoms with E-state index in [0.717, 1.165) is 34.5 Å². The first-order chi connectivity index (χ1) is 14.2. The van der Waals surface area contributed by atoms with E-state index in [1.54, 1.807) is 6.20 Å². The van der Waals surface area contributed by atoms with Crippen molar-refractivity contribution in [2.75, 3.05) is 6.61 Å². The maximum absolute atomic E-state index is 13.0. The molecule has 3 aromatic rings. The van der Waals surface area contributed by atoms with Crippen molar-refractivity contribution in [3.05, 3.63) is 58.7 Å². The van der Waals surface area contributed by atoms with E-state index >= 15 is 0 Å². The third kappa shape index (κ3) is 3.32. The number of hydrogen-bond donors (Lipinski definition) is 1. The molecule has 0 aromatic carbocycles. The molecule has 0 radical (unpaired) electrons. The Morgan fingerprint density at radius 1 is 1.34 bits per heavy atom. The third-order valence-electron chi connectivity index (χ3n) is 4.72. The Labute approximate surface area is 174 Å². The van der Waals surface area contributed by atoms with Crippen molar-refractivity contribution in [1.82, 2.24) is 14.7 Å². The molecule has 7 nitrogen and oxygen atoms in total. The van der Waals surface area contributed by atoms with Gasteiger partial charge in [-0.3, -0.25) is 9.78 Å². The van der Waals surface area contributed by atoms with Crippen LogP contribution in [0.5, 0.6) is 10.8 Å². The van der Waals surface area contributed by atoms with E-state index < -0.39 is 0 Å².